The van der Waals surface area contributed by atoms with Crippen LogP contribution in [0.2, 0.25) is 0 Å². The number of alkyl carbamates (subject to hydrolysis) is 1. The Morgan fingerprint density at radius 3 is 2.45 bits per heavy atom. The first kappa shape index (κ1) is 28.2. The van der Waals surface area contributed by atoms with Gasteiger partial charge in [0.25, 0.3) is 5.91 Å². The molecule has 0 radical (unpaired) electrons. The molecule has 0 bridgehead atoms. The number of hydrogen-bond donors (Lipinski definition) is 4. The van der Waals surface area contributed by atoms with Gasteiger partial charge in [0.15, 0.2) is 23.1 Å². The largest absolute Gasteiger partial charge is 0.486 e. The van der Waals surface area contributed by atoms with Crippen molar-refractivity contribution in [1.29, 1.82) is 0 Å². The fraction of sp³-hybridized carbons (Fsp3) is 0.360. The highest BCUT2D eigenvalue weighted by atomic mass is 19.1. The van der Waals surface area contributed by atoms with Gasteiger partial charge in [-0.05, 0) is 18.2 Å². The zero-order chi connectivity index (χ0) is 28.6. The monoisotopic (exact) mass is 563 g/mol. The van der Waals surface area contributed by atoms with Crippen molar-refractivity contribution < 1.29 is 46.9 Å². The molecule has 40 heavy (non-hydrogen) atoms. The Balaban J connectivity index is 1.21. The summed E-state index contributed by atoms with van der Waals surface area (Å²) in [6.45, 7) is 0.394. The van der Waals surface area contributed by atoms with Crippen LogP contribution in [-0.2, 0) is 14.3 Å². The number of halogens is 2. The Hall–Kier alpha value is -4.82. The summed E-state index contributed by atoms with van der Waals surface area (Å²) >= 11 is 0. The van der Waals surface area contributed by atoms with Gasteiger partial charge in [0, 0.05) is 30.8 Å². The van der Waals surface area contributed by atoms with Gasteiger partial charge in [-0.15, -0.1) is 0 Å². The molecule has 2 heterocycles. The van der Waals surface area contributed by atoms with Crippen molar-refractivity contribution in [1.82, 2.24) is 16.0 Å². The SMILES string of the molecule is COC(=O)NC[C@H]1CN(c2cc(F)c(NCCNC(=O)CNC(=O)c3ccc4c(c3)OCCO4)c(F)c2)C(=O)O1. The van der Waals surface area contributed by atoms with Crippen molar-refractivity contribution in [3.63, 3.8) is 0 Å². The molecule has 0 spiro atoms. The van der Waals surface area contributed by atoms with Gasteiger partial charge in [-0.2, -0.15) is 0 Å². The third kappa shape index (κ3) is 6.98. The van der Waals surface area contributed by atoms with E-state index in [1.807, 2.05) is 0 Å². The fourth-order valence-corrected chi connectivity index (χ4v) is 3.89. The van der Waals surface area contributed by atoms with E-state index in [1.165, 1.54) is 13.2 Å². The number of carbonyl (C=O) groups excluding carboxylic acids is 4. The van der Waals surface area contributed by atoms with Crippen molar-refractivity contribution in [3.05, 3.63) is 47.5 Å². The number of carbonyl (C=O) groups is 4. The van der Waals surface area contributed by atoms with Gasteiger partial charge in [0.1, 0.15) is 25.0 Å². The Labute approximate surface area is 227 Å². The highest BCUT2D eigenvalue weighted by Gasteiger charge is 2.33. The molecule has 2 aromatic rings. The number of amides is 4. The number of nitrogens with zero attached hydrogens (tertiary/aromatic N) is 1. The van der Waals surface area contributed by atoms with Crippen LogP contribution in [0.15, 0.2) is 30.3 Å². The molecule has 4 N–H and O–H groups in total. The molecule has 4 amide bonds. The van der Waals surface area contributed by atoms with Gasteiger partial charge < -0.3 is 40.2 Å². The maximum Gasteiger partial charge on any atom is 0.414 e. The van der Waals surface area contributed by atoms with E-state index in [1.54, 1.807) is 12.1 Å². The molecule has 1 saturated heterocycles. The lowest BCUT2D eigenvalue weighted by atomic mass is 10.2. The number of benzene rings is 2. The van der Waals surface area contributed by atoms with Crippen LogP contribution in [0.4, 0.5) is 29.7 Å². The van der Waals surface area contributed by atoms with Gasteiger partial charge in [-0.3, -0.25) is 14.5 Å². The molecule has 13 nitrogen and oxygen atoms in total. The van der Waals surface area contributed by atoms with E-state index in [0.29, 0.717) is 30.3 Å². The van der Waals surface area contributed by atoms with Gasteiger partial charge in [0.05, 0.1) is 32.4 Å². The predicted molar refractivity (Wildman–Crippen MR) is 136 cm³/mol. The van der Waals surface area contributed by atoms with Gasteiger partial charge in [-0.1, -0.05) is 0 Å². The standard InChI is InChI=1S/C25H27F2N5O8/c1-37-24(35)31-11-16-13-32(25(36)40-16)15-9-17(26)22(18(27)10-15)29-5-4-28-21(33)12-30-23(34)14-2-3-19-20(8-14)39-7-6-38-19/h2-3,8-10,16,29H,4-7,11-13H2,1H3,(H,28,33)(H,30,34)(H,31,35)/t16-/m0/s1. The van der Waals surface area contributed by atoms with Gasteiger partial charge in [0.2, 0.25) is 5.91 Å². The van der Waals surface area contributed by atoms with E-state index in [-0.39, 0.29) is 38.4 Å². The molecular formula is C25H27F2N5O8. The van der Waals surface area contributed by atoms with Crippen LogP contribution in [-0.4, -0.2) is 83.2 Å². The Bertz CT molecular complexity index is 1270. The van der Waals surface area contributed by atoms with Crippen LogP contribution in [0.1, 0.15) is 10.4 Å². The van der Waals surface area contributed by atoms with Gasteiger partial charge >= 0.3 is 12.2 Å². The molecule has 2 aliphatic rings. The summed E-state index contributed by atoms with van der Waals surface area (Å²) in [6.07, 6.45) is -2.26. The van der Waals surface area contributed by atoms with Crippen molar-refractivity contribution >= 4 is 35.4 Å². The van der Waals surface area contributed by atoms with E-state index < -0.39 is 47.4 Å². The summed E-state index contributed by atoms with van der Waals surface area (Å²) in [5.41, 5.74) is -0.210. The minimum atomic E-state index is -0.961. The average molecular weight is 564 g/mol. The highest BCUT2D eigenvalue weighted by Crippen LogP contribution is 2.31. The number of ether oxygens (including phenoxy) is 4. The van der Waals surface area contributed by atoms with Crippen molar-refractivity contribution in [2.24, 2.45) is 0 Å². The number of hydrogen-bond acceptors (Lipinski definition) is 9. The molecular weight excluding hydrogens is 536 g/mol. The molecule has 0 saturated carbocycles. The number of methoxy groups -OCH3 is 1. The smallest absolute Gasteiger partial charge is 0.414 e. The third-order valence-corrected chi connectivity index (χ3v) is 5.83. The van der Waals surface area contributed by atoms with Crippen molar-refractivity contribution in [2.45, 2.75) is 6.10 Å². The molecule has 0 unspecified atom stereocenters. The van der Waals surface area contributed by atoms with Crippen LogP contribution < -0.4 is 35.6 Å². The lowest BCUT2D eigenvalue weighted by molar-refractivity contribution is -0.120. The lowest BCUT2D eigenvalue weighted by Crippen LogP contribution is -2.38. The molecule has 1 fully saturated rings. The quantitative estimate of drug-likeness (QED) is 0.314. The maximum absolute atomic E-state index is 14.6. The average Bonchev–Trinajstić information content (AvgIpc) is 3.33. The number of fused-ring (bicyclic) bond motifs is 1. The summed E-state index contributed by atoms with van der Waals surface area (Å²) in [6, 6.07) is 6.61. The Morgan fingerprint density at radius 2 is 1.73 bits per heavy atom. The molecule has 2 aliphatic heterocycles. The molecule has 4 rings (SSSR count). The first-order valence-corrected chi connectivity index (χ1v) is 12.2. The van der Waals surface area contributed by atoms with E-state index in [2.05, 4.69) is 26.0 Å². The first-order chi connectivity index (χ1) is 19.2. The minimum Gasteiger partial charge on any atom is -0.486 e. The zero-order valence-corrected chi connectivity index (χ0v) is 21.4. The summed E-state index contributed by atoms with van der Waals surface area (Å²) in [4.78, 5) is 48.8. The molecule has 2 aromatic carbocycles. The van der Waals surface area contributed by atoms with Crippen LogP contribution >= 0.6 is 0 Å². The van der Waals surface area contributed by atoms with Crippen LogP contribution in [0.5, 0.6) is 11.5 Å². The Kier molecular flexibility index (Phi) is 9.04. The molecule has 0 aliphatic carbocycles. The second-order valence-corrected chi connectivity index (χ2v) is 8.59. The number of nitrogens with one attached hydrogen (secondary N) is 4. The summed E-state index contributed by atoms with van der Waals surface area (Å²) < 4.78 is 49.7. The second kappa shape index (κ2) is 12.8. The molecule has 0 aromatic heterocycles. The van der Waals surface area contributed by atoms with E-state index in [4.69, 9.17) is 14.2 Å². The third-order valence-electron chi connectivity index (χ3n) is 5.83. The predicted octanol–water partition coefficient (Wildman–Crippen LogP) is 1.38. The van der Waals surface area contributed by atoms with Crippen molar-refractivity contribution in [3.8, 4) is 11.5 Å². The first-order valence-electron chi connectivity index (χ1n) is 12.2. The highest BCUT2D eigenvalue weighted by molar-refractivity contribution is 5.97. The van der Waals surface area contributed by atoms with Crippen LogP contribution in [0.25, 0.3) is 0 Å². The Morgan fingerprint density at radius 1 is 1.00 bits per heavy atom. The van der Waals surface area contributed by atoms with E-state index in [0.717, 1.165) is 17.0 Å². The zero-order valence-electron chi connectivity index (χ0n) is 21.4. The summed E-state index contributed by atoms with van der Waals surface area (Å²) in [5, 5.41) is 9.95. The molecule has 1 atom stereocenters. The minimum absolute atomic E-state index is 0.00663. The van der Waals surface area contributed by atoms with Gasteiger partial charge in [-0.25, -0.2) is 18.4 Å². The lowest BCUT2D eigenvalue weighted by Gasteiger charge is -2.18. The molecule has 214 valence electrons. The summed E-state index contributed by atoms with van der Waals surface area (Å²) in [7, 11) is 1.18. The normalized spacial score (nSPS) is 15.6. The van der Waals surface area contributed by atoms with Crippen LogP contribution in [0, 0.1) is 11.6 Å². The second-order valence-electron chi connectivity index (χ2n) is 8.59. The number of rotatable bonds is 10. The van der Waals surface area contributed by atoms with E-state index >= 15 is 0 Å². The van der Waals surface area contributed by atoms with Crippen LogP contribution in [0.3, 0.4) is 0 Å². The summed E-state index contributed by atoms with van der Waals surface area (Å²) in [5.74, 6) is -1.93. The van der Waals surface area contributed by atoms with Crippen molar-refractivity contribution in [2.75, 3.05) is 63.3 Å². The number of cyclic esters (lactones) is 1. The molecule has 15 heteroatoms. The maximum atomic E-state index is 14.6. The topological polar surface area (TPSA) is 157 Å². The fourth-order valence-electron chi connectivity index (χ4n) is 3.89. The van der Waals surface area contributed by atoms with E-state index in [9.17, 15) is 28.0 Å². The number of anilines is 2.